The second-order valence-corrected chi connectivity index (χ2v) is 5.69. The van der Waals surface area contributed by atoms with Crippen molar-refractivity contribution >= 4 is 5.91 Å². The molecule has 128 valence electrons. The number of halogens is 2. The Morgan fingerprint density at radius 1 is 1.43 bits per heavy atom. The molecule has 0 aromatic heterocycles. The Labute approximate surface area is 134 Å². The van der Waals surface area contributed by atoms with Crippen molar-refractivity contribution in [2.75, 3.05) is 7.11 Å². The number of amides is 1. The zero-order chi connectivity index (χ0) is 16.8. The number of carbonyl (C=O) groups is 1. The van der Waals surface area contributed by atoms with Gasteiger partial charge in [0.25, 0.3) is 0 Å². The summed E-state index contributed by atoms with van der Waals surface area (Å²) in [5.74, 6) is 0.586. The zero-order valence-corrected chi connectivity index (χ0v) is 13.1. The summed E-state index contributed by atoms with van der Waals surface area (Å²) >= 11 is 0. The lowest BCUT2D eigenvalue weighted by molar-refractivity contribution is -0.122. The zero-order valence-electron chi connectivity index (χ0n) is 13.1. The van der Waals surface area contributed by atoms with E-state index < -0.39 is 6.61 Å². The van der Waals surface area contributed by atoms with Gasteiger partial charge < -0.3 is 20.5 Å². The minimum absolute atomic E-state index is 0.0265. The normalized spacial score (nSPS) is 20.6. The smallest absolute Gasteiger partial charge is 0.387 e. The number of hydrogen-bond acceptors (Lipinski definition) is 4. The molecule has 0 spiro atoms. The molecule has 1 aliphatic carbocycles. The maximum Gasteiger partial charge on any atom is 0.387 e. The molecular weight excluding hydrogens is 306 g/mol. The van der Waals surface area contributed by atoms with Crippen molar-refractivity contribution < 1.29 is 23.0 Å². The van der Waals surface area contributed by atoms with Crippen LogP contribution >= 0.6 is 0 Å². The van der Waals surface area contributed by atoms with Gasteiger partial charge in [0.2, 0.25) is 5.91 Å². The van der Waals surface area contributed by atoms with Crippen molar-refractivity contribution in [2.45, 2.75) is 44.9 Å². The van der Waals surface area contributed by atoms with Crippen LogP contribution < -0.4 is 20.5 Å². The van der Waals surface area contributed by atoms with E-state index in [9.17, 15) is 13.6 Å². The van der Waals surface area contributed by atoms with Crippen LogP contribution in [0.15, 0.2) is 18.2 Å². The van der Waals surface area contributed by atoms with Gasteiger partial charge in [-0.1, -0.05) is 6.42 Å². The van der Waals surface area contributed by atoms with Crippen LogP contribution in [-0.4, -0.2) is 25.7 Å². The fourth-order valence-electron chi connectivity index (χ4n) is 2.85. The van der Waals surface area contributed by atoms with Crippen molar-refractivity contribution in [1.82, 2.24) is 5.32 Å². The molecule has 2 atom stereocenters. The van der Waals surface area contributed by atoms with E-state index in [1.165, 1.54) is 19.2 Å². The summed E-state index contributed by atoms with van der Waals surface area (Å²) in [5, 5.41) is 2.74. The molecule has 1 fully saturated rings. The predicted molar refractivity (Wildman–Crippen MR) is 81.4 cm³/mol. The van der Waals surface area contributed by atoms with Crippen molar-refractivity contribution in [1.29, 1.82) is 0 Å². The van der Waals surface area contributed by atoms with Crippen molar-refractivity contribution in [3.8, 4) is 11.5 Å². The molecule has 23 heavy (non-hydrogen) atoms. The van der Waals surface area contributed by atoms with E-state index in [1.807, 2.05) is 0 Å². The van der Waals surface area contributed by atoms with Crippen molar-refractivity contribution in [3.63, 3.8) is 0 Å². The SMILES string of the molecule is COc1ccc(OC(F)F)c(CNC(=O)C[C@@H]2CCC[C@H]2N)c1. The molecule has 3 N–H and O–H groups in total. The topological polar surface area (TPSA) is 73.6 Å². The van der Waals surface area contributed by atoms with E-state index in [4.69, 9.17) is 10.5 Å². The first-order chi connectivity index (χ1) is 11.0. The molecule has 5 nitrogen and oxygen atoms in total. The summed E-state index contributed by atoms with van der Waals surface area (Å²) in [4.78, 5) is 12.0. The van der Waals surface area contributed by atoms with Gasteiger partial charge in [-0.25, -0.2) is 0 Å². The van der Waals surface area contributed by atoms with Crippen LogP contribution in [0.2, 0.25) is 0 Å². The number of hydrogen-bond donors (Lipinski definition) is 2. The molecule has 7 heteroatoms. The summed E-state index contributed by atoms with van der Waals surface area (Å²) in [5.41, 5.74) is 6.39. The van der Waals surface area contributed by atoms with Crippen LogP contribution in [0.1, 0.15) is 31.2 Å². The first-order valence-corrected chi connectivity index (χ1v) is 7.63. The molecule has 0 bridgehead atoms. The number of alkyl halides is 2. The summed E-state index contributed by atoms with van der Waals surface area (Å²) in [6, 6.07) is 4.56. The molecule has 1 aromatic rings. The quantitative estimate of drug-likeness (QED) is 0.806. The second kappa shape index (κ2) is 8.10. The molecule has 0 heterocycles. The standard InChI is InChI=1S/C16H22F2N2O3/c1-22-12-5-6-14(23-16(17)18)11(7-12)9-20-15(21)8-10-3-2-4-13(10)19/h5-7,10,13,16H,2-4,8-9,19H2,1H3,(H,20,21)/t10-,13+/m0/s1. The number of methoxy groups -OCH3 is 1. The number of rotatable bonds is 7. The lowest BCUT2D eigenvalue weighted by Gasteiger charge is -2.16. The molecule has 1 aromatic carbocycles. The number of ether oxygens (including phenoxy) is 2. The summed E-state index contributed by atoms with van der Waals surface area (Å²) in [6.07, 6.45) is 3.30. The lowest BCUT2D eigenvalue weighted by Crippen LogP contribution is -2.31. The Bertz CT molecular complexity index is 540. The Morgan fingerprint density at radius 3 is 2.83 bits per heavy atom. The van der Waals surface area contributed by atoms with Gasteiger partial charge in [-0.3, -0.25) is 4.79 Å². The average molecular weight is 328 g/mol. The minimum atomic E-state index is -2.92. The lowest BCUT2D eigenvalue weighted by atomic mass is 10.00. The number of benzene rings is 1. The van der Waals surface area contributed by atoms with Crippen LogP contribution in [0.4, 0.5) is 8.78 Å². The van der Waals surface area contributed by atoms with E-state index in [2.05, 4.69) is 10.1 Å². The van der Waals surface area contributed by atoms with Gasteiger partial charge in [0.15, 0.2) is 0 Å². The van der Waals surface area contributed by atoms with Gasteiger partial charge in [0, 0.05) is 24.6 Å². The molecular formula is C16H22F2N2O3. The Morgan fingerprint density at radius 2 is 2.22 bits per heavy atom. The molecule has 1 amide bonds. The monoisotopic (exact) mass is 328 g/mol. The van der Waals surface area contributed by atoms with Gasteiger partial charge in [0.1, 0.15) is 11.5 Å². The summed E-state index contributed by atoms with van der Waals surface area (Å²) in [6.45, 7) is -2.82. The maximum absolute atomic E-state index is 12.4. The highest BCUT2D eigenvalue weighted by atomic mass is 19.3. The molecule has 0 aliphatic heterocycles. The van der Waals surface area contributed by atoms with E-state index in [1.54, 1.807) is 6.07 Å². The van der Waals surface area contributed by atoms with Gasteiger partial charge in [-0.2, -0.15) is 8.78 Å². The van der Waals surface area contributed by atoms with Gasteiger partial charge in [0.05, 0.1) is 7.11 Å². The van der Waals surface area contributed by atoms with Crippen LogP contribution in [0.3, 0.4) is 0 Å². The van der Waals surface area contributed by atoms with Gasteiger partial charge >= 0.3 is 6.61 Å². The molecule has 0 unspecified atom stereocenters. The second-order valence-electron chi connectivity index (χ2n) is 5.69. The highest BCUT2D eigenvalue weighted by molar-refractivity contribution is 5.76. The average Bonchev–Trinajstić information content (AvgIpc) is 2.91. The maximum atomic E-state index is 12.4. The number of carbonyl (C=O) groups excluding carboxylic acids is 1. The minimum Gasteiger partial charge on any atom is -0.497 e. The van der Waals surface area contributed by atoms with Gasteiger partial charge in [-0.05, 0) is 37.0 Å². The highest BCUT2D eigenvalue weighted by Gasteiger charge is 2.26. The van der Waals surface area contributed by atoms with Crippen LogP contribution in [0, 0.1) is 5.92 Å². The van der Waals surface area contributed by atoms with E-state index >= 15 is 0 Å². The fraction of sp³-hybridized carbons (Fsp3) is 0.562. The first-order valence-electron chi connectivity index (χ1n) is 7.63. The Kier molecular flexibility index (Phi) is 6.15. The van der Waals surface area contributed by atoms with Crippen LogP contribution in [0.25, 0.3) is 0 Å². The molecule has 1 saturated carbocycles. The molecule has 0 radical (unpaired) electrons. The third-order valence-corrected chi connectivity index (χ3v) is 4.13. The molecule has 0 saturated heterocycles. The van der Waals surface area contributed by atoms with Crippen molar-refractivity contribution in [2.24, 2.45) is 11.7 Å². The summed E-state index contributed by atoms with van der Waals surface area (Å²) in [7, 11) is 1.48. The Balaban J connectivity index is 1.96. The van der Waals surface area contributed by atoms with Crippen LogP contribution in [-0.2, 0) is 11.3 Å². The third kappa shape index (κ3) is 5.06. The van der Waals surface area contributed by atoms with Crippen molar-refractivity contribution in [3.05, 3.63) is 23.8 Å². The highest BCUT2D eigenvalue weighted by Crippen LogP contribution is 2.28. The van der Waals surface area contributed by atoms with Crippen LogP contribution in [0.5, 0.6) is 11.5 Å². The van der Waals surface area contributed by atoms with E-state index in [0.29, 0.717) is 17.7 Å². The third-order valence-electron chi connectivity index (χ3n) is 4.13. The predicted octanol–water partition coefficient (Wildman–Crippen LogP) is 2.43. The summed E-state index contributed by atoms with van der Waals surface area (Å²) < 4.78 is 34.4. The molecule has 2 rings (SSSR count). The first kappa shape index (κ1) is 17.5. The Hall–Kier alpha value is -1.89. The fourth-order valence-corrected chi connectivity index (χ4v) is 2.85. The van der Waals surface area contributed by atoms with E-state index in [-0.39, 0.29) is 30.2 Å². The molecule has 1 aliphatic rings. The van der Waals surface area contributed by atoms with E-state index in [0.717, 1.165) is 19.3 Å². The largest absolute Gasteiger partial charge is 0.497 e. The van der Waals surface area contributed by atoms with Gasteiger partial charge in [-0.15, -0.1) is 0 Å². The number of nitrogens with one attached hydrogen (secondary N) is 1. The number of nitrogens with two attached hydrogens (primary N) is 1.